The highest BCUT2D eigenvalue weighted by Crippen LogP contribution is 2.32. The Morgan fingerprint density at radius 3 is 2.26 bits per heavy atom. The van der Waals surface area contributed by atoms with E-state index in [9.17, 15) is 8.78 Å². The van der Waals surface area contributed by atoms with Crippen molar-refractivity contribution < 1.29 is 8.78 Å². The van der Waals surface area contributed by atoms with Gasteiger partial charge in [-0.15, -0.1) is 5.10 Å². The van der Waals surface area contributed by atoms with Crippen LogP contribution in [-0.4, -0.2) is 19.7 Å². The molecule has 23 heavy (non-hydrogen) atoms. The lowest BCUT2D eigenvalue weighted by atomic mass is 10.0. The van der Waals surface area contributed by atoms with Gasteiger partial charge < -0.3 is 0 Å². The Bertz CT molecular complexity index is 893. The highest BCUT2D eigenvalue weighted by molar-refractivity contribution is 6.35. The summed E-state index contributed by atoms with van der Waals surface area (Å²) in [6.45, 7) is 4.38. The van der Waals surface area contributed by atoms with Gasteiger partial charge in [-0.2, -0.15) is 4.98 Å². The second kappa shape index (κ2) is 5.39. The van der Waals surface area contributed by atoms with Crippen LogP contribution < -0.4 is 0 Å². The lowest BCUT2D eigenvalue weighted by Crippen LogP contribution is -2.10. The second-order valence-electron chi connectivity index (χ2n) is 5.44. The van der Waals surface area contributed by atoms with E-state index in [1.54, 1.807) is 24.7 Å². The molecule has 0 aliphatic carbocycles. The molecule has 2 aromatic heterocycles. The van der Waals surface area contributed by atoms with Crippen LogP contribution in [0.3, 0.4) is 0 Å². The van der Waals surface area contributed by atoms with E-state index in [4.69, 9.17) is 23.2 Å². The predicted octanol–water partition coefficient (Wildman–Crippen LogP) is 4.85. The lowest BCUT2D eigenvalue weighted by Gasteiger charge is -2.16. The van der Waals surface area contributed by atoms with Crippen LogP contribution in [0.5, 0.6) is 0 Å². The fourth-order valence-electron chi connectivity index (χ4n) is 2.53. The molecule has 3 aromatic rings. The minimum Gasteiger partial charge on any atom is -0.238 e. The highest BCUT2D eigenvalue weighted by Gasteiger charge is 2.26. The number of halogens is 4. The number of aromatic nitrogens is 4. The van der Waals surface area contributed by atoms with Crippen molar-refractivity contribution >= 4 is 34.2 Å². The lowest BCUT2D eigenvalue weighted by molar-refractivity contribution is 0.0173. The number of alkyl halides is 2. The van der Waals surface area contributed by atoms with Gasteiger partial charge in [-0.1, -0.05) is 11.6 Å². The third-order valence-corrected chi connectivity index (χ3v) is 3.99. The topological polar surface area (TPSA) is 43.6 Å². The molecule has 0 radical (unpaired) electrons. The fourth-order valence-corrected chi connectivity index (χ4v) is 2.95. The summed E-state index contributed by atoms with van der Waals surface area (Å²) in [6, 6.07) is 2.91. The molecule has 0 N–H and O–H groups in total. The number of aryl methyl sites for hydroxylation is 2. The van der Waals surface area contributed by atoms with Crippen molar-refractivity contribution in [3.63, 3.8) is 0 Å². The van der Waals surface area contributed by atoms with E-state index in [1.807, 2.05) is 0 Å². The summed E-state index contributed by atoms with van der Waals surface area (Å²) < 4.78 is 28.6. The van der Waals surface area contributed by atoms with E-state index in [0.717, 1.165) is 6.92 Å². The van der Waals surface area contributed by atoms with E-state index < -0.39 is 5.92 Å². The van der Waals surface area contributed by atoms with Gasteiger partial charge in [0.15, 0.2) is 5.65 Å². The SMILES string of the molecule is Cc1cc(C(C)(F)F)cc(C)c1-n1cc2c(Cl)nc(Cl)nc2n1. The van der Waals surface area contributed by atoms with Crippen molar-refractivity contribution in [1.29, 1.82) is 0 Å². The van der Waals surface area contributed by atoms with Gasteiger partial charge in [0.25, 0.3) is 5.92 Å². The van der Waals surface area contributed by atoms with Gasteiger partial charge in [0.05, 0.1) is 11.1 Å². The molecule has 0 bridgehead atoms. The van der Waals surface area contributed by atoms with Gasteiger partial charge in [0.2, 0.25) is 5.28 Å². The summed E-state index contributed by atoms with van der Waals surface area (Å²) in [6.07, 6.45) is 1.66. The largest absolute Gasteiger partial charge is 0.270 e. The fraction of sp³-hybridized carbons (Fsp3) is 0.267. The van der Waals surface area contributed by atoms with Crippen molar-refractivity contribution in [2.24, 2.45) is 0 Å². The zero-order valence-corrected chi connectivity index (χ0v) is 14.0. The third-order valence-electron chi connectivity index (χ3n) is 3.53. The van der Waals surface area contributed by atoms with Crippen LogP contribution in [0.2, 0.25) is 10.4 Å². The average molecular weight is 357 g/mol. The van der Waals surface area contributed by atoms with E-state index in [0.29, 0.717) is 27.8 Å². The molecule has 0 aliphatic heterocycles. The van der Waals surface area contributed by atoms with Gasteiger partial charge in [-0.3, -0.25) is 0 Å². The maximum Gasteiger partial charge on any atom is 0.270 e. The maximum absolute atomic E-state index is 13.5. The first kappa shape index (κ1) is 16.1. The van der Waals surface area contributed by atoms with Crippen molar-refractivity contribution in [1.82, 2.24) is 19.7 Å². The molecule has 0 fully saturated rings. The van der Waals surface area contributed by atoms with Gasteiger partial charge in [0, 0.05) is 18.7 Å². The van der Waals surface area contributed by atoms with Crippen LogP contribution in [0.25, 0.3) is 16.7 Å². The van der Waals surface area contributed by atoms with Crippen LogP contribution in [0, 0.1) is 13.8 Å². The van der Waals surface area contributed by atoms with Gasteiger partial charge in [-0.05, 0) is 48.7 Å². The second-order valence-corrected chi connectivity index (χ2v) is 6.14. The minimum atomic E-state index is -2.90. The first-order chi connectivity index (χ1) is 10.7. The minimum absolute atomic E-state index is 0.00201. The Morgan fingerprint density at radius 1 is 1.09 bits per heavy atom. The quantitative estimate of drug-likeness (QED) is 0.486. The molecule has 2 heterocycles. The van der Waals surface area contributed by atoms with Crippen LogP contribution in [0.1, 0.15) is 23.6 Å². The molecule has 0 unspecified atom stereocenters. The number of hydrogen-bond acceptors (Lipinski definition) is 3. The summed E-state index contributed by atoms with van der Waals surface area (Å²) >= 11 is 11.8. The molecule has 3 rings (SSSR count). The molecule has 0 aliphatic rings. The predicted molar refractivity (Wildman–Crippen MR) is 85.7 cm³/mol. The van der Waals surface area contributed by atoms with Gasteiger partial charge in [0.1, 0.15) is 5.15 Å². The zero-order chi connectivity index (χ0) is 16.9. The summed E-state index contributed by atoms with van der Waals surface area (Å²) in [7, 11) is 0. The Balaban J connectivity index is 2.21. The number of fused-ring (bicyclic) bond motifs is 1. The van der Waals surface area contributed by atoms with Crippen LogP contribution in [-0.2, 0) is 5.92 Å². The molecule has 1 aromatic carbocycles. The number of nitrogens with zero attached hydrogens (tertiary/aromatic N) is 4. The summed E-state index contributed by atoms with van der Waals surface area (Å²) in [4.78, 5) is 7.88. The van der Waals surface area contributed by atoms with Gasteiger partial charge >= 0.3 is 0 Å². The average Bonchev–Trinajstić information content (AvgIpc) is 2.80. The summed E-state index contributed by atoms with van der Waals surface area (Å²) in [5, 5.41) is 5.06. The highest BCUT2D eigenvalue weighted by atomic mass is 35.5. The Hall–Kier alpha value is -1.79. The van der Waals surface area contributed by atoms with Gasteiger partial charge in [-0.25, -0.2) is 18.4 Å². The molecular weight excluding hydrogens is 345 g/mol. The van der Waals surface area contributed by atoms with E-state index in [-0.39, 0.29) is 16.0 Å². The zero-order valence-electron chi connectivity index (χ0n) is 12.5. The van der Waals surface area contributed by atoms with E-state index in [1.165, 1.54) is 12.1 Å². The monoisotopic (exact) mass is 356 g/mol. The molecular formula is C15H12Cl2F2N4. The van der Waals surface area contributed by atoms with Crippen LogP contribution in [0.15, 0.2) is 18.3 Å². The summed E-state index contributed by atoms with van der Waals surface area (Å²) in [5.74, 6) is -2.90. The normalized spacial score (nSPS) is 12.1. The molecule has 120 valence electrons. The first-order valence-electron chi connectivity index (χ1n) is 6.75. The smallest absolute Gasteiger partial charge is 0.238 e. The molecule has 0 saturated heterocycles. The van der Waals surface area contributed by atoms with Crippen molar-refractivity contribution in [2.75, 3.05) is 0 Å². The van der Waals surface area contributed by atoms with E-state index >= 15 is 0 Å². The summed E-state index contributed by atoms with van der Waals surface area (Å²) in [5.41, 5.74) is 2.35. The maximum atomic E-state index is 13.5. The van der Waals surface area contributed by atoms with Crippen molar-refractivity contribution in [3.05, 3.63) is 45.5 Å². The number of hydrogen-bond donors (Lipinski definition) is 0. The first-order valence-corrected chi connectivity index (χ1v) is 7.51. The molecule has 4 nitrogen and oxygen atoms in total. The number of benzene rings is 1. The van der Waals surface area contributed by atoms with Crippen molar-refractivity contribution in [2.45, 2.75) is 26.7 Å². The molecule has 0 atom stereocenters. The standard InChI is InChI=1S/C15H12Cl2F2N4/c1-7-4-9(15(3,18)19)5-8(2)11(7)23-6-10-12(16)20-14(17)21-13(10)22-23/h4-6H,1-3H3. The Morgan fingerprint density at radius 2 is 1.70 bits per heavy atom. The molecule has 0 saturated carbocycles. The van der Waals surface area contributed by atoms with Crippen LogP contribution >= 0.6 is 23.2 Å². The Labute approximate surface area is 141 Å². The van der Waals surface area contributed by atoms with E-state index in [2.05, 4.69) is 15.1 Å². The molecule has 0 spiro atoms. The Kier molecular flexibility index (Phi) is 3.77. The van der Waals surface area contributed by atoms with Crippen molar-refractivity contribution in [3.8, 4) is 5.69 Å². The molecule has 8 heteroatoms. The third kappa shape index (κ3) is 2.88. The molecule has 0 amide bonds. The van der Waals surface area contributed by atoms with Crippen LogP contribution in [0.4, 0.5) is 8.78 Å². The number of rotatable bonds is 2.